The predicted octanol–water partition coefficient (Wildman–Crippen LogP) is 3.11. The molecule has 2 heterocycles. The van der Waals surface area contributed by atoms with Crippen LogP contribution in [0.5, 0.6) is 0 Å². The highest BCUT2D eigenvalue weighted by atomic mass is 35.5. The number of halogens is 1. The van der Waals surface area contributed by atoms with Gasteiger partial charge in [0.15, 0.2) is 5.78 Å². The quantitative estimate of drug-likeness (QED) is 0.789. The molecule has 94 valence electrons. The summed E-state index contributed by atoms with van der Waals surface area (Å²) in [5.41, 5.74) is 1.14. The first kappa shape index (κ1) is 13.2. The van der Waals surface area contributed by atoms with Crippen LogP contribution in [0.1, 0.15) is 15.2 Å². The molecular formula is C13H13ClN2OS. The van der Waals surface area contributed by atoms with E-state index in [0.717, 1.165) is 12.1 Å². The van der Waals surface area contributed by atoms with Crippen molar-refractivity contribution in [2.45, 2.75) is 6.54 Å². The lowest BCUT2D eigenvalue weighted by atomic mass is 10.2. The molecule has 0 saturated carbocycles. The summed E-state index contributed by atoms with van der Waals surface area (Å²) in [6.45, 7) is 1.12. The maximum atomic E-state index is 12.0. The van der Waals surface area contributed by atoms with Crippen LogP contribution in [-0.4, -0.2) is 29.3 Å². The molecule has 3 nitrogen and oxygen atoms in total. The summed E-state index contributed by atoms with van der Waals surface area (Å²) in [6.07, 6.45) is 3.51. The van der Waals surface area contributed by atoms with Crippen LogP contribution < -0.4 is 0 Å². The Hall–Kier alpha value is -1.23. The number of carbonyl (C=O) groups is 1. The van der Waals surface area contributed by atoms with Crippen LogP contribution in [0.4, 0.5) is 0 Å². The van der Waals surface area contributed by atoms with Crippen LogP contribution in [-0.2, 0) is 6.54 Å². The lowest BCUT2D eigenvalue weighted by Crippen LogP contribution is -2.25. The highest BCUT2D eigenvalue weighted by Gasteiger charge is 2.11. The number of hydrogen-bond donors (Lipinski definition) is 0. The molecule has 0 aromatic carbocycles. The average Bonchev–Trinajstić information content (AvgIpc) is 2.77. The van der Waals surface area contributed by atoms with Crippen molar-refractivity contribution < 1.29 is 4.79 Å². The minimum absolute atomic E-state index is 0.100. The fourth-order valence-corrected chi connectivity index (χ4v) is 2.62. The van der Waals surface area contributed by atoms with E-state index in [-0.39, 0.29) is 5.78 Å². The van der Waals surface area contributed by atoms with Gasteiger partial charge in [0.2, 0.25) is 0 Å². The molecule has 0 spiro atoms. The Balaban J connectivity index is 1.92. The van der Waals surface area contributed by atoms with Crippen molar-refractivity contribution in [1.29, 1.82) is 0 Å². The second-order valence-electron chi connectivity index (χ2n) is 4.05. The number of nitrogens with zero attached hydrogens (tertiary/aromatic N) is 2. The lowest BCUT2D eigenvalue weighted by molar-refractivity contribution is 0.0947. The molecule has 0 fully saturated rings. The minimum atomic E-state index is 0.100. The molecular weight excluding hydrogens is 268 g/mol. The number of likely N-dealkylation sites (N-methyl/N-ethyl adjacent to an activating group) is 1. The standard InChI is InChI=1S/C13H13ClN2OS/c1-16(8-10-4-6-15-7-5-10)9-11(17)12-2-3-13(14)18-12/h2-7H,8-9H2,1H3. The van der Waals surface area contributed by atoms with Gasteiger partial charge in [0, 0.05) is 18.9 Å². The van der Waals surface area contributed by atoms with E-state index in [1.54, 1.807) is 24.5 Å². The largest absolute Gasteiger partial charge is 0.295 e. The summed E-state index contributed by atoms with van der Waals surface area (Å²) in [5, 5.41) is 0. The van der Waals surface area contributed by atoms with Crippen molar-refractivity contribution >= 4 is 28.7 Å². The maximum Gasteiger partial charge on any atom is 0.186 e. The summed E-state index contributed by atoms with van der Waals surface area (Å²) in [5.74, 6) is 0.100. The van der Waals surface area contributed by atoms with E-state index >= 15 is 0 Å². The van der Waals surface area contributed by atoms with Gasteiger partial charge in [0.1, 0.15) is 0 Å². The Morgan fingerprint density at radius 2 is 2.06 bits per heavy atom. The zero-order chi connectivity index (χ0) is 13.0. The SMILES string of the molecule is CN(CC(=O)c1ccc(Cl)s1)Cc1ccncc1. The van der Waals surface area contributed by atoms with E-state index in [4.69, 9.17) is 11.6 Å². The molecule has 0 radical (unpaired) electrons. The summed E-state index contributed by atoms with van der Waals surface area (Å²) in [6, 6.07) is 7.42. The predicted molar refractivity (Wildman–Crippen MR) is 74.2 cm³/mol. The molecule has 0 atom stereocenters. The number of carbonyl (C=O) groups excluding carboxylic acids is 1. The van der Waals surface area contributed by atoms with Crippen LogP contribution >= 0.6 is 22.9 Å². The van der Waals surface area contributed by atoms with E-state index in [1.165, 1.54) is 11.3 Å². The third-order valence-electron chi connectivity index (χ3n) is 2.46. The number of thiophene rings is 1. The molecule has 2 rings (SSSR count). The van der Waals surface area contributed by atoms with Gasteiger partial charge in [-0.25, -0.2) is 0 Å². The topological polar surface area (TPSA) is 33.2 Å². The Labute approximate surface area is 115 Å². The van der Waals surface area contributed by atoms with Gasteiger partial charge in [-0.05, 0) is 36.9 Å². The molecule has 0 saturated heterocycles. The van der Waals surface area contributed by atoms with Crippen LogP contribution in [0.3, 0.4) is 0 Å². The van der Waals surface area contributed by atoms with Crippen molar-refractivity contribution in [2.75, 3.05) is 13.6 Å². The Bertz CT molecular complexity index is 527. The van der Waals surface area contributed by atoms with Crippen molar-refractivity contribution in [3.63, 3.8) is 0 Å². The molecule has 0 amide bonds. The second-order valence-corrected chi connectivity index (χ2v) is 5.77. The van der Waals surface area contributed by atoms with Crippen LogP contribution in [0.2, 0.25) is 4.34 Å². The molecule has 18 heavy (non-hydrogen) atoms. The zero-order valence-corrected chi connectivity index (χ0v) is 11.5. The first-order chi connectivity index (χ1) is 8.65. The molecule has 0 aliphatic heterocycles. The van der Waals surface area contributed by atoms with Gasteiger partial charge in [-0.2, -0.15) is 0 Å². The fraction of sp³-hybridized carbons (Fsp3) is 0.231. The van der Waals surface area contributed by atoms with Gasteiger partial charge in [-0.3, -0.25) is 14.7 Å². The van der Waals surface area contributed by atoms with E-state index in [9.17, 15) is 4.79 Å². The highest BCUT2D eigenvalue weighted by Crippen LogP contribution is 2.21. The second kappa shape index (κ2) is 6.09. The van der Waals surface area contributed by atoms with Crippen molar-refractivity contribution in [2.24, 2.45) is 0 Å². The van der Waals surface area contributed by atoms with Gasteiger partial charge in [-0.1, -0.05) is 11.6 Å². The van der Waals surface area contributed by atoms with E-state index < -0.39 is 0 Å². The zero-order valence-electron chi connectivity index (χ0n) is 9.97. The maximum absolute atomic E-state index is 12.0. The first-order valence-corrected chi connectivity index (χ1v) is 6.70. The molecule has 2 aromatic rings. The van der Waals surface area contributed by atoms with E-state index in [0.29, 0.717) is 15.8 Å². The molecule has 5 heteroatoms. The van der Waals surface area contributed by atoms with Gasteiger partial charge in [0.05, 0.1) is 15.8 Å². The molecule has 2 aromatic heterocycles. The molecule has 0 unspecified atom stereocenters. The monoisotopic (exact) mass is 280 g/mol. The normalized spacial score (nSPS) is 10.8. The number of rotatable bonds is 5. The Morgan fingerprint density at radius 1 is 1.33 bits per heavy atom. The van der Waals surface area contributed by atoms with Crippen molar-refractivity contribution in [3.8, 4) is 0 Å². The van der Waals surface area contributed by atoms with E-state index in [2.05, 4.69) is 4.98 Å². The molecule has 0 bridgehead atoms. The molecule has 0 N–H and O–H groups in total. The molecule has 0 aliphatic carbocycles. The van der Waals surface area contributed by atoms with Crippen molar-refractivity contribution in [3.05, 3.63) is 51.4 Å². The van der Waals surface area contributed by atoms with Gasteiger partial charge < -0.3 is 0 Å². The summed E-state index contributed by atoms with van der Waals surface area (Å²) in [7, 11) is 1.92. The number of ketones is 1. The number of hydrogen-bond acceptors (Lipinski definition) is 4. The Morgan fingerprint density at radius 3 is 2.67 bits per heavy atom. The van der Waals surface area contributed by atoms with Crippen LogP contribution in [0, 0.1) is 0 Å². The van der Waals surface area contributed by atoms with Crippen LogP contribution in [0.25, 0.3) is 0 Å². The van der Waals surface area contributed by atoms with Gasteiger partial charge >= 0.3 is 0 Å². The average molecular weight is 281 g/mol. The van der Waals surface area contributed by atoms with Gasteiger partial charge in [0.25, 0.3) is 0 Å². The third kappa shape index (κ3) is 3.63. The third-order valence-corrected chi connectivity index (χ3v) is 3.74. The first-order valence-electron chi connectivity index (χ1n) is 5.51. The number of aromatic nitrogens is 1. The van der Waals surface area contributed by atoms with Gasteiger partial charge in [-0.15, -0.1) is 11.3 Å². The summed E-state index contributed by atoms with van der Waals surface area (Å²) in [4.78, 5) is 18.6. The number of Topliss-reactive ketones (excluding diaryl/α,β-unsaturated/α-hetero) is 1. The van der Waals surface area contributed by atoms with Crippen molar-refractivity contribution in [1.82, 2.24) is 9.88 Å². The van der Waals surface area contributed by atoms with Crippen LogP contribution in [0.15, 0.2) is 36.7 Å². The lowest BCUT2D eigenvalue weighted by Gasteiger charge is -2.14. The smallest absolute Gasteiger partial charge is 0.186 e. The molecule has 0 aliphatic rings. The summed E-state index contributed by atoms with van der Waals surface area (Å²) >= 11 is 7.14. The van der Waals surface area contributed by atoms with E-state index in [1.807, 2.05) is 24.1 Å². The minimum Gasteiger partial charge on any atom is -0.295 e. The Kier molecular flexibility index (Phi) is 4.47. The highest BCUT2D eigenvalue weighted by molar-refractivity contribution is 7.18. The fourth-order valence-electron chi connectivity index (χ4n) is 1.64. The summed E-state index contributed by atoms with van der Waals surface area (Å²) < 4.78 is 0.648. The number of pyridine rings is 1.